The molecule has 0 atom stereocenters. The molecule has 6 heteroatoms. The van der Waals surface area contributed by atoms with Gasteiger partial charge in [-0.05, 0) is 12.8 Å². The fraction of sp³-hybridized carbons (Fsp3) is 0.857. The van der Waals surface area contributed by atoms with Crippen LogP contribution in [-0.4, -0.2) is 25.2 Å². The number of unbranched alkanes of at least 4 members (excludes halogenated alkanes) is 6. The van der Waals surface area contributed by atoms with E-state index in [9.17, 15) is 9.59 Å². The summed E-state index contributed by atoms with van der Waals surface area (Å²) in [6.45, 7) is 4.74. The maximum atomic E-state index is 11.1. The van der Waals surface area contributed by atoms with E-state index in [1.54, 1.807) is 0 Å². The van der Waals surface area contributed by atoms with Crippen molar-refractivity contribution in [2.75, 3.05) is 13.2 Å². The van der Waals surface area contributed by atoms with Crippen molar-refractivity contribution in [3.63, 3.8) is 0 Å². The molecular weight excluding hydrogens is 264 g/mol. The summed E-state index contributed by atoms with van der Waals surface area (Å²) in [5, 5.41) is 0. The minimum atomic E-state index is -1.20. The van der Waals surface area contributed by atoms with Crippen LogP contribution in [0.2, 0.25) is 0 Å². The number of carbonyl (C=O) groups is 2. The summed E-state index contributed by atoms with van der Waals surface area (Å²) in [4.78, 5) is 40.0. The molecule has 0 N–H and O–H groups in total. The predicted octanol–water partition coefficient (Wildman–Crippen LogP) is 3.10. The van der Waals surface area contributed by atoms with Crippen LogP contribution in [0.3, 0.4) is 0 Å². The van der Waals surface area contributed by atoms with Gasteiger partial charge in [0.1, 0.15) is 0 Å². The predicted molar refractivity (Wildman–Crippen MR) is 72.4 cm³/mol. The zero-order valence-electron chi connectivity index (χ0n) is 12.5. The molecule has 0 radical (unpaired) electrons. The van der Waals surface area contributed by atoms with Gasteiger partial charge in [-0.2, -0.15) is 9.78 Å². The van der Waals surface area contributed by atoms with Crippen LogP contribution < -0.4 is 0 Å². The lowest BCUT2D eigenvalue weighted by Crippen LogP contribution is -2.21. The Morgan fingerprint density at radius 2 is 1.05 bits per heavy atom. The summed E-state index contributed by atoms with van der Waals surface area (Å²) >= 11 is 0. The number of hydrogen-bond acceptors (Lipinski definition) is 6. The van der Waals surface area contributed by atoms with Crippen molar-refractivity contribution in [1.29, 1.82) is 0 Å². The van der Waals surface area contributed by atoms with Gasteiger partial charge in [-0.1, -0.05) is 52.4 Å². The van der Waals surface area contributed by atoms with Gasteiger partial charge >= 0.3 is 11.9 Å². The molecule has 0 aliphatic rings. The molecule has 0 spiro atoms. The third-order valence-corrected chi connectivity index (χ3v) is 2.60. The maximum Gasteiger partial charge on any atom is 0.453 e. The maximum absolute atomic E-state index is 11.1. The van der Waals surface area contributed by atoms with Crippen molar-refractivity contribution in [1.82, 2.24) is 0 Å². The van der Waals surface area contributed by atoms with E-state index in [4.69, 9.17) is 0 Å². The molecule has 0 aliphatic heterocycles. The van der Waals surface area contributed by atoms with Gasteiger partial charge in [0.15, 0.2) is 0 Å². The highest BCUT2D eigenvalue weighted by atomic mass is 17.2. The average Bonchev–Trinajstić information content (AvgIpc) is 2.45. The highest BCUT2D eigenvalue weighted by Crippen LogP contribution is 2.00. The van der Waals surface area contributed by atoms with E-state index >= 15 is 0 Å². The van der Waals surface area contributed by atoms with Crippen LogP contribution in [0.5, 0.6) is 0 Å². The SMILES string of the molecule is CCCCCCOOC(=O)C(=O)OOCCCCCC. The van der Waals surface area contributed by atoms with E-state index in [1.165, 1.54) is 0 Å². The molecule has 0 aromatic carbocycles. The molecule has 0 saturated heterocycles. The molecule has 20 heavy (non-hydrogen) atoms. The second-order valence-electron chi connectivity index (χ2n) is 4.51. The Hall–Kier alpha value is -1.14. The van der Waals surface area contributed by atoms with Gasteiger partial charge in [-0.25, -0.2) is 9.59 Å². The van der Waals surface area contributed by atoms with Crippen LogP contribution in [-0.2, 0) is 29.1 Å². The first-order chi connectivity index (χ1) is 9.72. The van der Waals surface area contributed by atoms with Crippen molar-refractivity contribution in [2.45, 2.75) is 65.2 Å². The third kappa shape index (κ3) is 11.9. The smallest absolute Gasteiger partial charge is 0.285 e. The van der Waals surface area contributed by atoms with Gasteiger partial charge < -0.3 is 0 Å². The van der Waals surface area contributed by atoms with Crippen molar-refractivity contribution in [3.8, 4) is 0 Å². The number of hydrogen-bond donors (Lipinski definition) is 0. The summed E-state index contributed by atoms with van der Waals surface area (Å²) in [6.07, 6.45) is 7.99. The van der Waals surface area contributed by atoms with Gasteiger partial charge in [0.05, 0.1) is 13.2 Å². The van der Waals surface area contributed by atoms with Gasteiger partial charge in [0.25, 0.3) is 0 Å². The van der Waals surface area contributed by atoms with Crippen LogP contribution in [0.4, 0.5) is 0 Å². The lowest BCUT2D eigenvalue weighted by molar-refractivity contribution is -0.296. The number of carbonyl (C=O) groups excluding carboxylic acids is 2. The third-order valence-electron chi connectivity index (χ3n) is 2.60. The Labute approximate surface area is 120 Å². The Bertz CT molecular complexity index is 228. The second kappa shape index (κ2) is 14.3. The Balaban J connectivity index is 3.40. The van der Waals surface area contributed by atoms with E-state index in [1.807, 2.05) is 0 Å². The van der Waals surface area contributed by atoms with E-state index in [0.29, 0.717) is 0 Å². The molecule has 6 nitrogen and oxygen atoms in total. The summed E-state index contributed by atoms with van der Waals surface area (Å²) in [6, 6.07) is 0. The van der Waals surface area contributed by atoms with Gasteiger partial charge in [-0.3, -0.25) is 9.78 Å². The van der Waals surface area contributed by atoms with Gasteiger partial charge in [0, 0.05) is 0 Å². The molecule has 0 heterocycles. The lowest BCUT2D eigenvalue weighted by Gasteiger charge is -2.04. The van der Waals surface area contributed by atoms with Crippen molar-refractivity contribution in [2.24, 2.45) is 0 Å². The standard InChI is InChI=1S/C14H26O6/c1-3-5-7-9-11-17-19-13(15)14(16)20-18-12-10-8-6-4-2/h3-12H2,1-2H3. The molecule has 118 valence electrons. The molecule has 0 bridgehead atoms. The van der Waals surface area contributed by atoms with E-state index < -0.39 is 11.9 Å². The van der Waals surface area contributed by atoms with E-state index in [-0.39, 0.29) is 13.2 Å². The first-order valence-corrected chi connectivity index (χ1v) is 7.39. The number of rotatable bonds is 12. The monoisotopic (exact) mass is 290 g/mol. The quantitative estimate of drug-likeness (QED) is 0.238. The van der Waals surface area contributed by atoms with Crippen LogP contribution in [0.15, 0.2) is 0 Å². The molecule has 0 aliphatic carbocycles. The summed E-state index contributed by atoms with van der Waals surface area (Å²) in [7, 11) is 0. The van der Waals surface area contributed by atoms with Gasteiger partial charge in [-0.15, -0.1) is 0 Å². The zero-order valence-corrected chi connectivity index (χ0v) is 12.5. The van der Waals surface area contributed by atoms with Crippen molar-refractivity contribution >= 4 is 11.9 Å². The minimum absolute atomic E-state index is 0.275. The highest BCUT2D eigenvalue weighted by Gasteiger charge is 2.20. The molecular formula is C14H26O6. The molecule has 0 fully saturated rings. The Morgan fingerprint density at radius 1 is 0.650 bits per heavy atom. The first-order valence-electron chi connectivity index (χ1n) is 7.39. The summed E-state index contributed by atoms with van der Waals surface area (Å²) in [5.41, 5.74) is 0. The van der Waals surface area contributed by atoms with Gasteiger partial charge in [0.2, 0.25) is 0 Å². The normalized spacial score (nSPS) is 10.3. The zero-order chi connectivity index (χ0) is 15.1. The van der Waals surface area contributed by atoms with Crippen LogP contribution >= 0.6 is 0 Å². The first kappa shape index (κ1) is 18.9. The summed E-state index contributed by atoms with van der Waals surface area (Å²) < 4.78 is 0. The van der Waals surface area contributed by atoms with Crippen molar-refractivity contribution < 1.29 is 29.1 Å². The minimum Gasteiger partial charge on any atom is -0.285 e. The highest BCUT2D eigenvalue weighted by molar-refractivity contribution is 6.29. The lowest BCUT2D eigenvalue weighted by atomic mass is 10.2. The van der Waals surface area contributed by atoms with Crippen LogP contribution in [0.1, 0.15) is 65.2 Å². The second-order valence-corrected chi connectivity index (χ2v) is 4.51. The fourth-order valence-electron chi connectivity index (χ4n) is 1.43. The molecule has 0 aromatic rings. The Kier molecular flexibility index (Phi) is 13.5. The largest absolute Gasteiger partial charge is 0.453 e. The average molecular weight is 290 g/mol. The Morgan fingerprint density at radius 3 is 1.40 bits per heavy atom. The molecule has 0 rings (SSSR count). The summed E-state index contributed by atoms with van der Waals surface area (Å²) in [5.74, 6) is -2.40. The molecule has 0 amide bonds. The fourth-order valence-corrected chi connectivity index (χ4v) is 1.43. The molecule has 0 unspecified atom stereocenters. The van der Waals surface area contributed by atoms with E-state index in [0.717, 1.165) is 51.4 Å². The molecule has 0 saturated carbocycles. The molecule has 0 aromatic heterocycles. The topological polar surface area (TPSA) is 71.1 Å². The van der Waals surface area contributed by atoms with Crippen LogP contribution in [0.25, 0.3) is 0 Å². The van der Waals surface area contributed by atoms with E-state index in [2.05, 4.69) is 33.4 Å². The van der Waals surface area contributed by atoms with Crippen LogP contribution in [0, 0.1) is 0 Å². The van der Waals surface area contributed by atoms with Crippen molar-refractivity contribution in [3.05, 3.63) is 0 Å².